The highest BCUT2D eigenvalue weighted by atomic mass is 16.5. The van der Waals surface area contributed by atoms with E-state index in [9.17, 15) is 4.79 Å². The molecule has 1 aromatic heterocycles. The van der Waals surface area contributed by atoms with Crippen LogP contribution < -0.4 is 0 Å². The first-order chi connectivity index (χ1) is 11.7. The Labute approximate surface area is 142 Å². The fourth-order valence-corrected chi connectivity index (χ4v) is 3.13. The summed E-state index contributed by atoms with van der Waals surface area (Å²) in [4.78, 5) is 12.5. The maximum absolute atomic E-state index is 12.5. The second-order valence-electron chi connectivity index (χ2n) is 6.43. The summed E-state index contributed by atoms with van der Waals surface area (Å²) in [5.41, 5.74) is 1.27. The van der Waals surface area contributed by atoms with Gasteiger partial charge in [0.15, 0.2) is 0 Å². The summed E-state index contributed by atoms with van der Waals surface area (Å²) in [7, 11) is 0. The maximum Gasteiger partial charge on any atom is 0.338 e. The smallest absolute Gasteiger partial charge is 0.338 e. The zero-order chi connectivity index (χ0) is 16.8. The van der Waals surface area contributed by atoms with E-state index in [2.05, 4.69) is 10.2 Å². The van der Waals surface area contributed by atoms with Gasteiger partial charge in [0.25, 0.3) is 0 Å². The molecule has 0 amide bonds. The summed E-state index contributed by atoms with van der Waals surface area (Å²) in [6, 6.07) is 7.19. The predicted octanol–water partition coefficient (Wildman–Crippen LogP) is 4.70. The molecule has 0 bridgehead atoms. The third-order valence-corrected chi connectivity index (χ3v) is 4.45. The van der Waals surface area contributed by atoms with Crippen LogP contribution in [0, 0.1) is 6.92 Å². The summed E-state index contributed by atoms with van der Waals surface area (Å²) in [6.45, 7) is 1.74. The van der Waals surface area contributed by atoms with Gasteiger partial charge in [0.2, 0.25) is 11.8 Å². The van der Waals surface area contributed by atoms with Crippen molar-refractivity contribution in [1.82, 2.24) is 10.2 Å². The highest BCUT2D eigenvalue weighted by molar-refractivity contribution is 5.90. The quantitative estimate of drug-likeness (QED) is 0.764. The van der Waals surface area contributed by atoms with Crippen LogP contribution in [0.2, 0.25) is 0 Å². The number of carbonyl (C=O) groups is 1. The van der Waals surface area contributed by atoms with Crippen molar-refractivity contribution in [2.75, 3.05) is 0 Å². The first-order valence-corrected chi connectivity index (χ1v) is 8.84. The first-order valence-electron chi connectivity index (χ1n) is 8.84. The van der Waals surface area contributed by atoms with Gasteiger partial charge in [-0.2, -0.15) is 0 Å². The largest absolute Gasteiger partial charge is 0.459 e. The summed E-state index contributed by atoms with van der Waals surface area (Å²) in [5, 5.41) is 7.82. The van der Waals surface area contributed by atoms with Crippen molar-refractivity contribution >= 4 is 5.97 Å². The second kappa shape index (κ2) is 8.08. The van der Waals surface area contributed by atoms with Crippen LogP contribution in [0.25, 0.3) is 11.5 Å². The van der Waals surface area contributed by atoms with Crippen molar-refractivity contribution in [3.05, 3.63) is 35.7 Å². The van der Waals surface area contributed by atoms with Crippen LogP contribution in [0.15, 0.2) is 28.7 Å². The molecule has 128 valence electrons. The van der Waals surface area contributed by atoms with Crippen LogP contribution in [0.5, 0.6) is 0 Å². The van der Waals surface area contributed by atoms with Crippen molar-refractivity contribution in [3.8, 4) is 11.5 Å². The van der Waals surface area contributed by atoms with Crippen LogP contribution in [-0.4, -0.2) is 22.3 Å². The van der Waals surface area contributed by atoms with E-state index >= 15 is 0 Å². The number of hydrogen-bond acceptors (Lipinski definition) is 5. The van der Waals surface area contributed by atoms with Crippen LogP contribution in [0.3, 0.4) is 0 Å². The van der Waals surface area contributed by atoms with Gasteiger partial charge in [-0.15, -0.1) is 10.2 Å². The molecule has 0 atom stereocenters. The summed E-state index contributed by atoms with van der Waals surface area (Å²) in [5.74, 6) is 0.658. The normalized spacial score (nSPS) is 16.9. The topological polar surface area (TPSA) is 65.2 Å². The van der Waals surface area contributed by atoms with E-state index in [0.717, 1.165) is 31.2 Å². The Hall–Kier alpha value is -2.17. The van der Waals surface area contributed by atoms with E-state index in [1.54, 1.807) is 19.1 Å². The zero-order valence-corrected chi connectivity index (χ0v) is 14.2. The Morgan fingerprint density at radius 1 is 1.08 bits per heavy atom. The van der Waals surface area contributed by atoms with E-state index in [0.29, 0.717) is 17.3 Å². The maximum atomic E-state index is 12.5. The average Bonchev–Trinajstić information content (AvgIpc) is 3.07. The fourth-order valence-electron chi connectivity index (χ4n) is 3.13. The Bertz CT molecular complexity index is 671. The Kier molecular flexibility index (Phi) is 5.62. The minimum atomic E-state index is -0.266. The lowest BCUT2D eigenvalue weighted by Gasteiger charge is -2.17. The van der Waals surface area contributed by atoms with Gasteiger partial charge in [0, 0.05) is 12.5 Å². The standard InChI is InChI=1S/C19H24N2O3/c1-14-20-21-18(23-14)15-9-8-10-16(13-15)19(22)24-17-11-6-4-2-3-5-7-12-17/h8-10,13,17H,2-7,11-12H2,1H3. The lowest BCUT2D eigenvalue weighted by molar-refractivity contribution is 0.0253. The van der Waals surface area contributed by atoms with Crippen molar-refractivity contribution in [1.29, 1.82) is 0 Å². The number of ether oxygens (including phenoxy) is 1. The van der Waals surface area contributed by atoms with E-state index in [1.165, 1.54) is 25.7 Å². The molecule has 1 heterocycles. The molecule has 0 saturated heterocycles. The molecule has 0 N–H and O–H groups in total. The molecule has 24 heavy (non-hydrogen) atoms. The van der Waals surface area contributed by atoms with Gasteiger partial charge in [-0.25, -0.2) is 4.79 Å². The molecule has 0 unspecified atom stereocenters. The molecule has 3 rings (SSSR count). The number of rotatable bonds is 3. The summed E-state index contributed by atoms with van der Waals surface area (Å²) in [6.07, 6.45) is 9.31. The Morgan fingerprint density at radius 3 is 2.46 bits per heavy atom. The van der Waals surface area contributed by atoms with Crippen molar-refractivity contribution < 1.29 is 13.9 Å². The molecule has 0 spiro atoms. The SMILES string of the molecule is Cc1nnc(-c2cccc(C(=O)OC3CCCCCCCC3)c2)o1. The third kappa shape index (κ3) is 4.43. The second-order valence-corrected chi connectivity index (χ2v) is 6.43. The molecule has 0 aliphatic heterocycles. The average molecular weight is 328 g/mol. The number of esters is 1. The number of benzene rings is 1. The number of carbonyl (C=O) groups excluding carboxylic acids is 1. The zero-order valence-electron chi connectivity index (χ0n) is 14.2. The summed E-state index contributed by atoms with van der Waals surface area (Å²) < 4.78 is 11.2. The molecule has 0 radical (unpaired) electrons. The Balaban J connectivity index is 1.67. The van der Waals surface area contributed by atoms with Crippen LogP contribution in [-0.2, 0) is 4.74 Å². The number of hydrogen-bond donors (Lipinski definition) is 0. The molecule has 1 aliphatic carbocycles. The molecular weight excluding hydrogens is 304 g/mol. The van der Waals surface area contributed by atoms with Crippen LogP contribution in [0.4, 0.5) is 0 Å². The van der Waals surface area contributed by atoms with Gasteiger partial charge in [-0.05, 0) is 43.9 Å². The lowest BCUT2D eigenvalue weighted by atomic mass is 10.1. The van der Waals surface area contributed by atoms with Gasteiger partial charge in [0.05, 0.1) is 5.56 Å². The van der Waals surface area contributed by atoms with E-state index in [-0.39, 0.29) is 12.1 Å². The van der Waals surface area contributed by atoms with E-state index < -0.39 is 0 Å². The molecule has 1 aliphatic rings. The third-order valence-electron chi connectivity index (χ3n) is 4.45. The van der Waals surface area contributed by atoms with Gasteiger partial charge < -0.3 is 9.15 Å². The monoisotopic (exact) mass is 328 g/mol. The molecule has 2 aromatic rings. The van der Waals surface area contributed by atoms with Gasteiger partial charge >= 0.3 is 5.97 Å². The van der Waals surface area contributed by atoms with Gasteiger partial charge in [0.1, 0.15) is 6.10 Å². The van der Waals surface area contributed by atoms with Crippen molar-refractivity contribution in [3.63, 3.8) is 0 Å². The van der Waals surface area contributed by atoms with Gasteiger partial charge in [-0.3, -0.25) is 0 Å². The number of aryl methyl sites for hydroxylation is 1. The molecule has 1 fully saturated rings. The Morgan fingerprint density at radius 2 is 1.79 bits per heavy atom. The fraction of sp³-hybridized carbons (Fsp3) is 0.526. The minimum absolute atomic E-state index is 0.0323. The first kappa shape index (κ1) is 16.7. The lowest BCUT2D eigenvalue weighted by Crippen LogP contribution is -2.18. The predicted molar refractivity (Wildman–Crippen MR) is 90.6 cm³/mol. The summed E-state index contributed by atoms with van der Waals surface area (Å²) >= 11 is 0. The number of nitrogens with zero attached hydrogens (tertiary/aromatic N) is 2. The van der Waals surface area contributed by atoms with E-state index in [1.807, 2.05) is 12.1 Å². The highest BCUT2D eigenvalue weighted by Gasteiger charge is 2.18. The minimum Gasteiger partial charge on any atom is -0.459 e. The highest BCUT2D eigenvalue weighted by Crippen LogP contribution is 2.22. The van der Waals surface area contributed by atoms with Gasteiger partial charge in [-0.1, -0.05) is 31.7 Å². The molecule has 1 saturated carbocycles. The molecule has 1 aromatic carbocycles. The van der Waals surface area contributed by atoms with Crippen molar-refractivity contribution in [2.24, 2.45) is 0 Å². The van der Waals surface area contributed by atoms with Crippen molar-refractivity contribution in [2.45, 2.75) is 64.4 Å². The molecular formula is C19H24N2O3. The van der Waals surface area contributed by atoms with E-state index in [4.69, 9.17) is 9.15 Å². The number of aromatic nitrogens is 2. The molecule has 5 nitrogen and oxygen atoms in total. The van der Waals surface area contributed by atoms with Crippen LogP contribution >= 0.6 is 0 Å². The molecule has 5 heteroatoms. The van der Waals surface area contributed by atoms with Crippen LogP contribution in [0.1, 0.15) is 67.6 Å².